The first kappa shape index (κ1) is 16.0. The van der Waals surface area contributed by atoms with Gasteiger partial charge in [-0.05, 0) is 31.9 Å². The van der Waals surface area contributed by atoms with Crippen LogP contribution in [-0.2, 0) is 4.79 Å². The van der Waals surface area contributed by atoms with Crippen molar-refractivity contribution in [3.8, 4) is 5.75 Å². The van der Waals surface area contributed by atoms with Gasteiger partial charge in [-0.3, -0.25) is 9.59 Å². The maximum absolute atomic E-state index is 12.1. The van der Waals surface area contributed by atoms with Crippen molar-refractivity contribution in [3.63, 3.8) is 0 Å². The van der Waals surface area contributed by atoms with E-state index in [4.69, 9.17) is 9.84 Å². The highest BCUT2D eigenvalue weighted by Crippen LogP contribution is 2.19. The van der Waals surface area contributed by atoms with Gasteiger partial charge in [-0.15, -0.1) is 0 Å². The van der Waals surface area contributed by atoms with Crippen molar-refractivity contribution in [2.75, 3.05) is 6.54 Å². The lowest BCUT2D eigenvalue weighted by Gasteiger charge is -2.15. The van der Waals surface area contributed by atoms with E-state index in [1.807, 2.05) is 19.9 Å². The number of hydrogen-bond acceptors (Lipinski definition) is 3. The van der Waals surface area contributed by atoms with Crippen molar-refractivity contribution >= 4 is 11.9 Å². The molecule has 5 heteroatoms. The molecular weight excluding hydrogens is 258 g/mol. The second-order valence-electron chi connectivity index (χ2n) is 5.08. The summed E-state index contributed by atoms with van der Waals surface area (Å²) in [6.07, 6.45) is 0.0135. The zero-order valence-electron chi connectivity index (χ0n) is 12.1. The topological polar surface area (TPSA) is 75.6 Å². The number of carboxylic acid groups (broad SMARTS) is 1. The normalized spacial score (nSPS) is 12.0. The van der Waals surface area contributed by atoms with Crippen LogP contribution in [0.15, 0.2) is 24.3 Å². The van der Waals surface area contributed by atoms with Gasteiger partial charge in [0.2, 0.25) is 0 Å². The quantitative estimate of drug-likeness (QED) is 0.803. The van der Waals surface area contributed by atoms with E-state index in [0.717, 1.165) is 0 Å². The van der Waals surface area contributed by atoms with Crippen molar-refractivity contribution in [2.45, 2.75) is 33.3 Å². The Morgan fingerprint density at radius 3 is 2.50 bits per heavy atom. The van der Waals surface area contributed by atoms with Gasteiger partial charge in [0.05, 0.1) is 11.7 Å². The first-order chi connectivity index (χ1) is 9.40. The SMILES string of the molecule is CC(CNC(=O)c1ccccc1OC(C)C)CC(=O)O. The number of hydrogen-bond donors (Lipinski definition) is 2. The van der Waals surface area contributed by atoms with E-state index in [2.05, 4.69) is 5.32 Å². The molecule has 0 saturated heterocycles. The molecule has 5 nitrogen and oxygen atoms in total. The van der Waals surface area contributed by atoms with Crippen molar-refractivity contribution in [1.29, 1.82) is 0 Å². The summed E-state index contributed by atoms with van der Waals surface area (Å²) in [5.41, 5.74) is 0.462. The van der Waals surface area contributed by atoms with Gasteiger partial charge in [0, 0.05) is 13.0 Å². The number of carbonyl (C=O) groups is 2. The molecule has 1 aromatic carbocycles. The van der Waals surface area contributed by atoms with Crippen LogP contribution < -0.4 is 10.1 Å². The van der Waals surface area contributed by atoms with Gasteiger partial charge in [-0.2, -0.15) is 0 Å². The average molecular weight is 279 g/mol. The number of aliphatic carboxylic acids is 1. The molecule has 0 aliphatic rings. The molecule has 110 valence electrons. The number of amides is 1. The number of benzene rings is 1. The highest BCUT2D eigenvalue weighted by Gasteiger charge is 2.14. The molecule has 0 aliphatic carbocycles. The van der Waals surface area contributed by atoms with Gasteiger partial charge < -0.3 is 15.2 Å². The van der Waals surface area contributed by atoms with E-state index < -0.39 is 5.97 Å². The first-order valence-electron chi connectivity index (χ1n) is 6.65. The lowest BCUT2D eigenvalue weighted by atomic mass is 10.1. The van der Waals surface area contributed by atoms with Gasteiger partial charge in [0.15, 0.2) is 0 Å². The Morgan fingerprint density at radius 1 is 1.25 bits per heavy atom. The van der Waals surface area contributed by atoms with E-state index in [1.165, 1.54) is 0 Å². The number of rotatable bonds is 7. The van der Waals surface area contributed by atoms with Gasteiger partial charge in [0.25, 0.3) is 5.91 Å². The third-order valence-corrected chi connectivity index (χ3v) is 2.63. The summed E-state index contributed by atoms with van der Waals surface area (Å²) >= 11 is 0. The fourth-order valence-corrected chi connectivity index (χ4v) is 1.74. The Bertz CT molecular complexity index is 471. The Hall–Kier alpha value is -2.04. The molecule has 0 fully saturated rings. The van der Waals surface area contributed by atoms with E-state index in [-0.39, 0.29) is 24.3 Å². The summed E-state index contributed by atoms with van der Waals surface area (Å²) in [5.74, 6) is -0.700. The number of nitrogens with one attached hydrogen (secondary N) is 1. The number of carbonyl (C=O) groups excluding carboxylic acids is 1. The van der Waals surface area contributed by atoms with Crippen LogP contribution in [0.2, 0.25) is 0 Å². The van der Waals surface area contributed by atoms with E-state index >= 15 is 0 Å². The van der Waals surface area contributed by atoms with Crippen LogP contribution in [0.1, 0.15) is 37.6 Å². The fraction of sp³-hybridized carbons (Fsp3) is 0.467. The summed E-state index contributed by atoms with van der Waals surface area (Å²) in [6.45, 7) is 5.89. The Balaban J connectivity index is 2.65. The molecule has 0 saturated carbocycles. The minimum atomic E-state index is -0.865. The van der Waals surface area contributed by atoms with Crippen LogP contribution in [-0.4, -0.2) is 29.6 Å². The lowest BCUT2D eigenvalue weighted by molar-refractivity contribution is -0.137. The predicted molar refractivity (Wildman–Crippen MR) is 76.0 cm³/mol. The van der Waals surface area contributed by atoms with Crippen molar-refractivity contribution in [1.82, 2.24) is 5.32 Å². The zero-order valence-corrected chi connectivity index (χ0v) is 12.1. The van der Waals surface area contributed by atoms with Crippen molar-refractivity contribution in [3.05, 3.63) is 29.8 Å². The molecule has 1 amide bonds. The van der Waals surface area contributed by atoms with E-state index in [1.54, 1.807) is 25.1 Å². The van der Waals surface area contributed by atoms with Gasteiger partial charge in [0.1, 0.15) is 5.75 Å². The van der Waals surface area contributed by atoms with E-state index in [9.17, 15) is 9.59 Å². The number of carboxylic acids is 1. The maximum Gasteiger partial charge on any atom is 0.303 e. The maximum atomic E-state index is 12.1. The molecule has 1 unspecified atom stereocenters. The summed E-state index contributed by atoms with van der Waals surface area (Å²) in [4.78, 5) is 22.7. The number of para-hydroxylation sites is 1. The molecule has 0 aromatic heterocycles. The van der Waals surface area contributed by atoms with Gasteiger partial charge in [-0.1, -0.05) is 19.1 Å². The molecule has 20 heavy (non-hydrogen) atoms. The van der Waals surface area contributed by atoms with Gasteiger partial charge in [-0.25, -0.2) is 0 Å². The Labute approximate surface area is 118 Å². The van der Waals surface area contributed by atoms with Crippen LogP contribution >= 0.6 is 0 Å². The summed E-state index contributed by atoms with van der Waals surface area (Å²) < 4.78 is 5.58. The van der Waals surface area contributed by atoms with Crippen molar-refractivity contribution < 1.29 is 19.4 Å². The molecule has 1 rings (SSSR count). The van der Waals surface area contributed by atoms with Crippen LogP contribution in [0.25, 0.3) is 0 Å². The predicted octanol–water partition coefficient (Wildman–Crippen LogP) is 2.31. The summed E-state index contributed by atoms with van der Waals surface area (Å²) in [7, 11) is 0. The lowest BCUT2D eigenvalue weighted by Crippen LogP contribution is -2.29. The minimum absolute atomic E-state index is 0.0186. The third-order valence-electron chi connectivity index (χ3n) is 2.63. The average Bonchev–Trinajstić information content (AvgIpc) is 2.35. The third kappa shape index (κ3) is 5.30. The molecule has 0 radical (unpaired) electrons. The van der Waals surface area contributed by atoms with Gasteiger partial charge >= 0.3 is 5.97 Å². The Kier molecular flexibility index (Phi) is 6.03. The molecule has 0 aliphatic heterocycles. The molecule has 1 atom stereocenters. The largest absolute Gasteiger partial charge is 0.490 e. The van der Waals surface area contributed by atoms with Crippen LogP contribution in [0.3, 0.4) is 0 Å². The highest BCUT2D eigenvalue weighted by atomic mass is 16.5. The summed E-state index contributed by atoms with van der Waals surface area (Å²) in [6, 6.07) is 7.01. The molecule has 2 N–H and O–H groups in total. The standard InChI is InChI=1S/C15H21NO4/c1-10(2)20-13-7-5-4-6-12(13)15(19)16-9-11(3)8-14(17)18/h4-7,10-11H,8-9H2,1-3H3,(H,16,19)(H,17,18). The van der Waals surface area contributed by atoms with Crippen LogP contribution in [0.5, 0.6) is 5.75 Å². The zero-order chi connectivity index (χ0) is 15.1. The smallest absolute Gasteiger partial charge is 0.303 e. The number of ether oxygens (including phenoxy) is 1. The first-order valence-corrected chi connectivity index (χ1v) is 6.65. The second kappa shape index (κ2) is 7.53. The highest BCUT2D eigenvalue weighted by molar-refractivity contribution is 5.96. The molecule has 0 heterocycles. The Morgan fingerprint density at radius 2 is 1.90 bits per heavy atom. The monoisotopic (exact) mass is 279 g/mol. The minimum Gasteiger partial charge on any atom is -0.490 e. The molecule has 0 bridgehead atoms. The second-order valence-corrected chi connectivity index (χ2v) is 5.08. The fourth-order valence-electron chi connectivity index (χ4n) is 1.74. The van der Waals surface area contributed by atoms with Crippen LogP contribution in [0.4, 0.5) is 0 Å². The molecular formula is C15H21NO4. The summed E-state index contributed by atoms with van der Waals surface area (Å²) in [5, 5.41) is 11.4. The van der Waals surface area contributed by atoms with E-state index in [0.29, 0.717) is 17.9 Å². The van der Waals surface area contributed by atoms with Crippen LogP contribution in [0, 0.1) is 5.92 Å². The van der Waals surface area contributed by atoms with Crippen molar-refractivity contribution in [2.24, 2.45) is 5.92 Å². The molecule has 0 spiro atoms. The molecule has 1 aromatic rings.